The van der Waals surface area contributed by atoms with Crippen molar-refractivity contribution in [3.63, 3.8) is 0 Å². The van der Waals surface area contributed by atoms with Gasteiger partial charge in [-0.15, -0.1) is 0 Å². The molecule has 0 aromatic heterocycles. The average Bonchev–Trinajstić information content (AvgIpc) is 3.06. The van der Waals surface area contributed by atoms with Crippen LogP contribution in [-0.4, -0.2) is 11.8 Å². The highest BCUT2D eigenvalue weighted by molar-refractivity contribution is 6.35. The van der Waals surface area contributed by atoms with Crippen molar-refractivity contribution in [1.29, 1.82) is 0 Å². The van der Waals surface area contributed by atoms with Crippen LogP contribution in [0.15, 0.2) is 72.8 Å². The molecular weight excluding hydrogens is 445 g/mol. The Morgan fingerprint density at radius 1 is 0.812 bits per heavy atom. The van der Waals surface area contributed by atoms with E-state index in [1.54, 1.807) is 42.5 Å². The van der Waals surface area contributed by atoms with E-state index < -0.39 is 0 Å². The van der Waals surface area contributed by atoms with Crippen LogP contribution in [0, 0.1) is 11.8 Å². The number of anilines is 1. The number of hydrogen-bond acceptors (Lipinski definition) is 3. The molecule has 32 heavy (non-hydrogen) atoms. The summed E-state index contributed by atoms with van der Waals surface area (Å²) in [4.78, 5) is 27.7. The molecular formula is C26H21Cl2NO3. The quantitative estimate of drug-likeness (QED) is 0.395. The molecule has 4 nitrogen and oxygen atoms in total. The van der Waals surface area contributed by atoms with Gasteiger partial charge in [0.1, 0.15) is 11.5 Å². The maximum atomic E-state index is 13.2. The third kappa shape index (κ3) is 3.89. The summed E-state index contributed by atoms with van der Waals surface area (Å²) in [5.41, 5.74) is 1.81. The van der Waals surface area contributed by atoms with Crippen molar-refractivity contribution < 1.29 is 14.3 Å². The fourth-order valence-electron chi connectivity index (χ4n) is 4.81. The van der Waals surface area contributed by atoms with E-state index in [0.717, 1.165) is 12.8 Å². The molecule has 0 bridgehead atoms. The highest BCUT2D eigenvalue weighted by Gasteiger charge is 2.50. The molecule has 1 aliphatic heterocycles. The minimum Gasteiger partial charge on any atom is -0.456 e. The molecule has 1 saturated heterocycles. The Balaban J connectivity index is 1.33. The van der Waals surface area contributed by atoms with E-state index in [9.17, 15) is 9.59 Å². The summed E-state index contributed by atoms with van der Waals surface area (Å²) in [5.74, 6) is 0.662. The van der Waals surface area contributed by atoms with Gasteiger partial charge in [0.15, 0.2) is 0 Å². The zero-order valence-electron chi connectivity index (χ0n) is 17.2. The summed E-state index contributed by atoms with van der Waals surface area (Å²) in [5, 5.41) is 0.934. The molecule has 1 aliphatic carbocycles. The molecule has 6 heteroatoms. The van der Waals surface area contributed by atoms with E-state index in [0.29, 0.717) is 39.6 Å². The standard InChI is InChI=1S/C26H21Cl2NO3/c27-18-7-13-24(23(28)15-18)32-20-10-8-19(9-11-20)29-25(30)21-12-6-17(14-22(21)26(29)31)16-4-2-1-3-5-16/h1-5,7-11,13,15,17,21-22H,6,12,14H2/t17-,21+,22-/m1/s1. The lowest BCUT2D eigenvalue weighted by molar-refractivity contribution is -0.122. The van der Waals surface area contributed by atoms with Crippen molar-refractivity contribution in [3.8, 4) is 11.5 Å². The fourth-order valence-corrected chi connectivity index (χ4v) is 5.26. The Labute approximate surface area is 196 Å². The van der Waals surface area contributed by atoms with Gasteiger partial charge in [0.2, 0.25) is 11.8 Å². The van der Waals surface area contributed by atoms with Gasteiger partial charge in [-0.3, -0.25) is 14.5 Å². The van der Waals surface area contributed by atoms with E-state index in [4.69, 9.17) is 27.9 Å². The molecule has 0 unspecified atom stereocenters. The number of amides is 2. The number of halogens is 2. The number of hydrogen-bond donors (Lipinski definition) is 0. The SMILES string of the molecule is O=C1[C@H]2CC[C@@H](c3ccccc3)C[C@H]2C(=O)N1c1ccc(Oc2ccc(Cl)cc2Cl)cc1. The second-order valence-electron chi connectivity index (χ2n) is 8.32. The molecule has 2 fully saturated rings. The molecule has 0 N–H and O–H groups in total. The lowest BCUT2D eigenvalue weighted by Gasteiger charge is -2.28. The van der Waals surface area contributed by atoms with Gasteiger partial charge in [-0.2, -0.15) is 0 Å². The van der Waals surface area contributed by atoms with Crippen LogP contribution in [0.4, 0.5) is 5.69 Å². The second kappa shape index (κ2) is 8.61. The summed E-state index contributed by atoms with van der Waals surface area (Å²) in [6, 6.07) is 22.2. The van der Waals surface area contributed by atoms with Crippen LogP contribution >= 0.6 is 23.2 Å². The summed E-state index contributed by atoms with van der Waals surface area (Å²) in [6.07, 6.45) is 2.38. The highest BCUT2D eigenvalue weighted by atomic mass is 35.5. The molecule has 0 radical (unpaired) electrons. The van der Waals surface area contributed by atoms with E-state index in [1.807, 2.05) is 18.2 Å². The minimum absolute atomic E-state index is 0.0964. The van der Waals surface area contributed by atoms with Crippen LogP contribution in [0.5, 0.6) is 11.5 Å². The third-order valence-electron chi connectivity index (χ3n) is 6.41. The summed E-state index contributed by atoms with van der Waals surface area (Å²) in [6.45, 7) is 0. The van der Waals surface area contributed by atoms with E-state index in [2.05, 4.69) is 12.1 Å². The van der Waals surface area contributed by atoms with Gasteiger partial charge in [-0.05, 0) is 73.2 Å². The van der Waals surface area contributed by atoms with Crippen molar-refractivity contribution >= 4 is 40.7 Å². The summed E-state index contributed by atoms with van der Waals surface area (Å²) >= 11 is 12.1. The Morgan fingerprint density at radius 3 is 2.25 bits per heavy atom. The number of ether oxygens (including phenoxy) is 1. The Kier molecular flexibility index (Phi) is 5.66. The second-order valence-corrected chi connectivity index (χ2v) is 9.16. The largest absolute Gasteiger partial charge is 0.456 e. The number of carbonyl (C=O) groups excluding carboxylic acids is 2. The zero-order valence-corrected chi connectivity index (χ0v) is 18.7. The van der Waals surface area contributed by atoms with E-state index in [1.165, 1.54) is 10.5 Å². The van der Waals surface area contributed by atoms with Crippen LogP contribution < -0.4 is 9.64 Å². The van der Waals surface area contributed by atoms with Crippen molar-refractivity contribution in [2.45, 2.75) is 25.2 Å². The number of nitrogens with zero attached hydrogens (tertiary/aromatic N) is 1. The molecule has 3 aromatic carbocycles. The Hall–Kier alpha value is -2.82. The van der Waals surface area contributed by atoms with Gasteiger partial charge in [-0.25, -0.2) is 0 Å². The van der Waals surface area contributed by atoms with Gasteiger partial charge >= 0.3 is 0 Å². The first-order valence-electron chi connectivity index (χ1n) is 10.7. The van der Waals surface area contributed by atoms with Crippen molar-refractivity contribution in [3.05, 3.63) is 88.4 Å². The van der Waals surface area contributed by atoms with Crippen LogP contribution in [0.2, 0.25) is 10.0 Å². The maximum Gasteiger partial charge on any atom is 0.237 e. The van der Waals surface area contributed by atoms with Gasteiger partial charge < -0.3 is 4.74 Å². The van der Waals surface area contributed by atoms with Crippen LogP contribution in [-0.2, 0) is 9.59 Å². The molecule has 1 saturated carbocycles. The minimum atomic E-state index is -0.259. The predicted molar refractivity (Wildman–Crippen MR) is 125 cm³/mol. The Morgan fingerprint density at radius 2 is 1.53 bits per heavy atom. The first kappa shape index (κ1) is 21.0. The number of benzene rings is 3. The number of rotatable bonds is 4. The first-order valence-corrected chi connectivity index (χ1v) is 11.4. The molecule has 162 valence electrons. The molecule has 3 aromatic rings. The van der Waals surface area contributed by atoms with E-state index in [-0.39, 0.29) is 23.7 Å². The predicted octanol–water partition coefficient (Wildman–Crippen LogP) is 6.86. The lowest BCUT2D eigenvalue weighted by atomic mass is 9.73. The van der Waals surface area contributed by atoms with Crippen LogP contribution in [0.1, 0.15) is 30.7 Å². The summed E-state index contributed by atoms with van der Waals surface area (Å²) < 4.78 is 5.81. The normalized spacial score (nSPS) is 22.7. The molecule has 5 rings (SSSR count). The van der Waals surface area contributed by atoms with Crippen molar-refractivity contribution in [2.75, 3.05) is 4.90 Å². The highest BCUT2D eigenvalue weighted by Crippen LogP contribution is 2.45. The van der Waals surface area contributed by atoms with E-state index >= 15 is 0 Å². The molecule has 1 heterocycles. The average molecular weight is 466 g/mol. The van der Waals surface area contributed by atoms with Gasteiger partial charge in [0.05, 0.1) is 22.5 Å². The molecule has 2 aliphatic rings. The topological polar surface area (TPSA) is 46.6 Å². The summed E-state index contributed by atoms with van der Waals surface area (Å²) in [7, 11) is 0. The van der Waals surface area contributed by atoms with Crippen LogP contribution in [0.3, 0.4) is 0 Å². The number of fused-ring (bicyclic) bond motifs is 1. The van der Waals surface area contributed by atoms with Crippen molar-refractivity contribution in [2.24, 2.45) is 11.8 Å². The number of carbonyl (C=O) groups is 2. The molecule has 3 atom stereocenters. The molecule has 0 spiro atoms. The van der Waals surface area contributed by atoms with Crippen LogP contribution in [0.25, 0.3) is 0 Å². The van der Waals surface area contributed by atoms with Gasteiger partial charge in [0.25, 0.3) is 0 Å². The van der Waals surface area contributed by atoms with Crippen molar-refractivity contribution in [1.82, 2.24) is 0 Å². The Bertz CT molecular complexity index is 1160. The third-order valence-corrected chi connectivity index (χ3v) is 6.94. The number of imide groups is 1. The van der Waals surface area contributed by atoms with Gasteiger partial charge in [0, 0.05) is 5.02 Å². The molecule has 2 amide bonds. The monoisotopic (exact) mass is 465 g/mol. The maximum absolute atomic E-state index is 13.2. The lowest BCUT2D eigenvalue weighted by Crippen LogP contribution is -2.30. The van der Waals surface area contributed by atoms with Gasteiger partial charge in [-0.1, -0.05) is 53.5 Å². The first-order chi connectivity index (χ1) is 15.5. The zero-order chi connectivity index (χ0) is 22.2. The fraction of sp³-hybridized carbons (Fsp3) is 0.231. The smallest absolute Gasteiger partial charge is 0.237 e.